The molecule has 20 heavy (non-hydrogen) atoms. The van der Waals surface area contributed by atoms with Crippen LogP contribution in [0.4, 0.5) is 0 Å². The molecule has 0 bridgehead atoms. The van der Waals surface area contributed by atoms with Crippen LogP contribution in [0.1, 0.15) is 13.3 Å². The van der Waals surface area contributed by atoms with Crippen LogP contribution in [0.5, 0.6) is 0 Å². The summed E-state index contributed by atoms with van der Waals surface area (Å²) < 4.78 is 4.97. The summed E-state index contributed by atoms with van der Waals surface area (Å²) in [5.41, 5.74) is 0. The first-order chi connectivity index (χ1) is 9.26. The van der Waals surface area contributed by atoms with Crippen LogP contribution in [-0.2, 0) is 9.53 Å². The van der Waals surface area contributed by atoms with E-state index in [0.29, 0.717) is 6.54 Å². The zero-order chi connectivity index (χ0) is 15.5. The molecule has 0 aliphatic carbocycles. The Morgan fingerprint density at radius 2 is 2.10 bits per heavy atom. The van der Waals surface area contributed by atoms with E-state index in [9.17, 15) is 25.2 Å². The summed E-state index contributed by atoms with van der Waals surface area (Å²) in [5, 5.41) is 59.6. The molecule has 0 saturated carbocycles. The zero-order valence-corrected chi connectivity index (χ0v) is 11.0. The lowest BCUT2D eigenvalue weighted by Gasteiger charge is -2.44. The fraction of sp³-hybridized carbons (Fsp3) is 0.909. The highest BCUT2D eigenvalue weighted by molar-refractivity contribution is 5.75. The smallest absolute Gasteiger partial charge is 0.364 e. The Kier molecular flexibility index (Phi) is 5.83. The van der Waals surface area contributed by atoms with Crippen molar-refractivity contribution < 1.29 is 40.2 Å². The Labute approximate surface area is 115 Å². The summed E-state index contributed by atoms with van der Waals surface area (Å²) in [4.78, 5) is 11.0. The molecule has 0 spiro atoms. The lowest BCUT2D eigenvalue weighted by atomic mass is 9.88. The topological polar surface area (TPSA) is 160 Å². The first kappa shape index (κ1) is 17.2. The summed E-state index contributed by atoms with van der Waals surface area (Å²) >= 11 is 0. The molecule has 6 atom stereocenters. The van der Waals surface area contributed by atoms with Crippen LogP contribution in [0, 0.1) is 0 Å². The number of carboxylic acids is 1. The molecule has 0 aromatic carbocycles. The predicted molar refractivity (Wildman–Crippen MR) is 64.6 cm³/mol. The third kappa shape index (κ3) is 3.44. The van der Waals surface area contributed by atoms with Gasteiger partial charge in [0.2, 0.25) is 0 Å². The Morgan fingerprint density at radius 1 is 1.50 bits per heavy atom. The quantitative estimate of drug-likeness (QED) is 0.265. The average Bonchev–Trinajstić information content (AvgIpc) is 2.39. The van der Waals surface area contributed by atoms with Gasteiger partial charge in [-0.2, -0.15) is 0 Å². The Morgan fingerprint density at radius 3 is 2.55 bits per heavy atom. The number of likely N-dealkylation sites (N-methyl/N-ethyl adjacent to an activating group) is 1. The second-order valence-corrected chi connectivity index (χ2v) is 4.77. The van der Waals surface area contributed by atoms with E-state index in [-0.39, 0.29) is 0 Å². The monoisotopic (exact) mass is 295 g/mol. The van der Waals surface area contributed by atoms with E-state index in [4.69, 9.17) is 14.9 Å². The van der Waals surface area contributed by atoms with E-state index >= 15 is 0 Å². The molecule has 118 valence electrons. The first-order valence-electron chi connectivity index (χ1n) is 6.28. The van der Waals surface area contributed by atoms with Gasteiger partial charge in [-0.15, -0.1) is 0 Å². The number of hydrogen-bond acceptors (Lipinski definition) is 8. The minimum atomic E-state index is -2.66. The summed E-state index contributed by atoms with van der Waals surface area (Å²) in [6, 6.07) is -0.893. The van der Waals surface area contributed by atoms with Crippen molar-refractivity contribution in [1.82, 2.24) is 5.32 Å². The van der Waals surface area contributed by atoms with Gasteiger partial charge in [0.25, 0.3) is 5.79 Å². The van der Waals surface area contributed by atoms with Gasteiger partial charge < -0.3 is 40.7 Å². The van der Waals surface area contributed by atoms with Gasteiger partial charge in [0, 0.05) is 6.42 Å². The van der Waals surface area contributed by atoms with E-state index in [2.05, 4.69) is 5.32 Å². The van der Waals surface area contributed by atoms with E-state index in [1.807, 2.05) is 0 Å². The Hall–Kier alpha value is -0.810. The fourth-order valence-electron chi connectivity index (χ4n) is 2.21. The number of aliphatic carboxylic acids is 1. The molecule has 1 saturated heterocycles. The molecule has 0 aromatic heterocycles. The van der Waals surface area contributed by atoms with Crippen molar-refractivity contribution in [3.8, 4) is 0 Å². The van der Waals surface area contributed by atoms with Crippen molar-refractivity contribution in [1.29, 1.82) is 0 Å². The molecule has 1 fully saturated rings. The van der Waals surface area contributed by atoms with E-state index in [1.54, 1.807) is 6.92 Å². The van der Waals surface area contributed by atoms with Crippen LogP contribution in [0.25, 0.3) is 0 Å². The normalized spacial score (nSPS) is 37.4. The van der Waals surface area contributed by atoms with Crippen molar-refractivity contribution in [3.63, 3.8) is 0 Å². The maximum atomic E-state index is 11.0. The van der Waals surface area contributed by atoms with Crippen LogP contribution in [-0.4, -0.2) is 86.0 Å². The molecule has 1 aliphatic rings. The van der Waals surface area contributed by atoms with Gasteiger partial charge in [0.15, 0.2) is 0 Å². The summed E-state index contributed by atoms with van der Waals surface area (Å²) in [6.45, 7) is 1.33. The molecule has 0 radical (unpaired) electrons. The molecule has 1 heterocycles. The SMILES string of the molecule is CCN[C@@H]1[C@@H](O)CC(O)(C(=O)O)O[C@H]1C(O)C(O)CO. The van der Waals surface area contributed by atoms with Crippen molar-refractivity contribution in [2.75, 3.05) is 13.2 Å². The first-order valence-corrected chi connectivity index (χ1v) is 6.28. The minimum absolute atomic E-state index is 0.384. The minimum Gasteiger partial charge on any atom is -0.477 e. The van der Waals surface area contributed by atoms with Crippen LogP contribution >= 0.6 is 0 Å². The van der Waals surface area contributed by atoms with Crippen molar-refractivity contribution in [2.45, 2.75) is 49.6 Å². The number of aliphatic hydroxyl groups is 5. The molecule has 0 amide bonds. The molecular weight excluding hydrogens is 274 g/mol. The molecular formula is C11H21NO8. The zero-order valence-electron chi connectivity index (χ0n) is 11.0. The molecule has 0 aromatic rings. The average molecular weight is 295 g/mol. The molecule has 3 unspecified atom stereocenters. The molecule has 9 nitrogen and oxygen atoms in total. The van der Waals surface area contributed by atoms with Crippen molar-refractivity contribution in [2.24, 2.45) is 0 Å². The van der Waals surface area contributed by atoms with Crippen LogP contribution < -0.4 is 5.32 Å². The number of rotatable bonds is 6. The van der Waals surface area contributed by atoms with Crippen LogP contribution in [0.2, 0.25) is 0 Å². The van der Waals surface area contributed by atoms with Gasteiger partial charge in [0.1, 0.15) is 18.3 Å². The number of carbonyl (C=O) groups is 1. The van der Waals surface area contributed by atoms with Gasteiger partial charge >= 0.3 is 5.97 Å². The molecule has 1 rings (SSSR count). The Balaban J connectivity index is 3.00. The highest BCUT2D eigenvalue weighted by atomic mass is 16.7. The second-order valence-electron chi connectivity index (χ2n) is 4.77. The van der Waals surface area contributed by atoms with E-state index in [0.717, 1.165) is 0 Å². The van der Waals surface area contributed by atoms with Gasteiger partial charge in [-0.3, -0.25) is 0 Å². The second kappa shape index (κ2) is 6.76. The molecule has 9 heteroatoms. The molecule has 7 N–H and O–H groups in total. The largest absolute Gasteiger partial charge is 0.477 e. The predicted octanol–water partition coefficient (Wildman–Crippen LogP) is -3.40. The van der Waals surface area contributed by atoms with Crippen LogP contribution in [0.3, 0.4) is 0 Å². The fourth-order valence-corrected chi connectivity index (χ4v) is 2.21. The van der Waals surface area contributed by atoms with Crippen molar-refractivity contribution >= 4 is 5.97 Å². The number of nitrogens with one attached hydrogen (secondary N) is 1. The number of carboxylic acid groups (broad SMARTS) is 1. The van der Waals surface area contributed by atoms with E-state index < -0.39 is 55.2 Å². The summed E-state index contributed by atoms with van der Waals surface area (Å²) in [7, 11) is 0. The maximum Gasteiger partial charge on any atom is 0.364 e. The number of hydrogen-bond donors (Lipinski definition) is 7. The van der Waals surface area contributed by atoms with Gasteiger partial charge in [-0.1, -0.05) is 6.92 Å². The third-order valence-electron chi connectivity index (χ3n) is 3.28. The highest BCUT2D eigenvalue weighted by Gasteiger charge is 2.53. The number of ether oxygens (including phenoxy) is 1. The van der Waals surface area contributed by atoms with Gasteiger partial charge in [-0.05, 0) is 6.54 Å². The maximum absolute atomic E-state index is 11.0. The standard InChI is InChI=1S/C11H21NO8/c1-2-12-7-5(14)3-11(19,10(17)18)20-9(7)8(16)6(15)4-13/h5-9,12-16,19H,2-4H2,1H3,(H,17,18)/t5-,6?,7+,8?,9+,11?/m0/s1. The van der Waals surface area contributed by atoms with Gasteiger partial charge in [-0.25, -0.2) is 4.79 Å². The third-order valence-corrected chi connectivity index (χ3v) is 3.28. The van der Waals surface area contributed by atoms with Crippen molar-refractivity contribution in [3.05, 3.63) is 0 Å². The lowest BCUT2D eigenvalue weighted by molar-refractivity contribution is -0.295. The summed E-state index contributed by atoms with van der Waals surface area (Å²) in [6.07, 6.45) is -6.56. The van der Waals surface area contributed by atoms with E-state index in [1.165, 1.54) is 0 Å². The van der Waals surface area contributed by atoms with Gasteiger partial charge in [0.05, 0.1) is 18.8 Å². The summed E-state index contributed by atoms with van der Waals surface area (Å²) in [5.74, 6) is -4.37. The lowest BCUT2D eigenvalue weighted by Crippen LogP contribution is -2.66. The van der Waals surface area contributed by atoms with Crippen LogP contribution in [0.15, 0.2) is 0 Å². The number of aliphatic hydroxyl groups excluding tert-OH is 4. The molecule has 1 aliphatic heterocycles. The Bertz CT molecular complexity index is 340. The highest BCUT2D eigenvalue weighted by Crippen LogP contribution is 2.30.